The zero-order valence-electron chi connectivity index (χ0n) is 8.80. The number of hydrogen-bond acceptors (Lipinski definition) is 3. The normalized spacial score (nSPS) is 10.7. The van der Waals surface area contributed by atoms with Gasteiger partial charge in [-0.05, 0) is 11.6 Å². The van der Waals surface area contributed by atoms with E-state index in [2.05, 4.69) is 10.3 Å². The molecular weight excluding hydrogens is 279 g/mol. The van der Waals surface area contributed by atoms with Crippen molar-refractivity contribution in [3.8, 4) is 0 Å². The highest BCUT2D eigenvalue weighted by Gasteiger charge is 2.04. The van der Waals surface area contributed by atoms with Gasteiger partial charge in [0, 0.05) is 24.2 Å². The minimum Gasteiger partial charge on any atom is -0.315 e. The zero-order valence-corrected chi connectivity index (χ0v) is 11.1. The molecule has 0 unspecified atom stereocenters. The zero-order chi connectivity index (χ0) is 12.3. The highest BCUT2D eigenvalue weighted by atomic mass is 35.5. The van der Waals surface area contributed by atoms with Crippen LogP contribution in [0.3, 0.4) is 0 Å². The van der Waals surface area contributed by atoms with Crippen LogP contribution >= 0.6 is 34.5 Å². The van der Waals surface area contributed by atoms with Crippen LogP contribution in [0.5, 0.6) is 0 Å². The van der Waals surface area contributed by atoms with Gasteiger partial charge in [-0.25, -0.2) is 0 Å². The van der Waals surface area contributed by atoms with Crippen molar-refractivity contribution < 1.29 is 0 Å². The average Bonchev–Trinajstić information content (AvgIpc) is 2.70. The summed E-state index contributed by atoms with van der Waals surface area (Å²) in [5.41, 5.74) is 1.81. The summed E-state index contributed by atoms with van der Waals surface area (Å²) in [6.45, 7) is 1.21. The van der Waals surface area contributed by atoms with Crippen molar-refractivity contribution in [2.75, 3.05) is 0 Å². The lowest BCUT2D eigenvalue weighted by Crippen LogP contribution is -2.14. The fraction of sp³-hybridized carbons (Fsp3) is 0.182. The fourth-order valence-corrected chi connectivity index (χ4v) is 2.39. The largest absolute Gasteiger partial charge is 0.315 e. The SMILES string of the molecule is O=c1[nH]c(CNCc2cccc(Cl)c2Cl)cs1. The Morgan fingerprint density at radius 1 is 1.29 bits per heavy atom. The molecule has 0 aliphatic rings. The van der Waals surface area contributed by atoms with E-state index >= 15 is 0 Å². The number of rotatable bonds is 4. The van der Waals surface area contributed by atoms with Gasteiger partial charge in [0.15, 0.2) is 0 Å². The van der Waals surface area contributed by atoms with Gasteiger partial charge in [0.05, 0.1) is 10.0 Å². The molecule has 90 valence electrons. The van der Waals surface area contributed by atoms with Crippen molar-refractivity contribution in [2.45, 2.75) is 13.1 Å². The molecule has 1 heterocycles. The minimum absolute atomic E-state index is 0.0393. The summed E-state index contributed by atoms with van der Waals surface area (Å²) in [5, 5.41) is 6.11. The molecule has 3 nitrogen and oxygen atoms in total. The van der Waals surface area contributed by atoms with Crippen LogP contribution in [-0.2, 0) is 13.1 Å². The summed E-state index contributed by atoms with van der Waals surface area (Å²) in [7, 11) is 0. The first-order valence-electron chi connectivity index (χ1n) is 4.97. The number of benzene rings is 1. The van der Waals surface area contributed by atoms with Gasteiger partial charge in [-0.3, -0.25) is 4.79 Å². The van der Waals surface area contributed by atoms with Crippen LogP contribution in [0.1, 0.15) is 11.3 Å². The molecule has 0 atom stereocenters. The van der Waals surface area contributed by atoms with Crippen molar-refractivity contribution >= 4 is 34.5 Å². The molecule has 2 aromatic rings. The number of thiazole rings is 1. The Morgan fingerprint density at radius 3 is 2.82 bits per heavy atom. The highest BCUT2D eigenvalue weighted by Crippen LogP contribution is 2.25. The smallest absolute Gasteiger partial charge is 0.304 e. The molecule has 0 saturated heterocycles. The summed E-state index contributed by atoms with van der Waals surface area (Å²) >= 11 is 13.1. The summed E-state index contributed by atoms with van der Waals surface area (Å²) in [6, 6.07) is 5.53. The van der Waals surface area contributed by atoms with Crippen molar-refractivity contribution in [3.05, 3.63) is 54.5 Å². The molecule has 0 radical (unpaired) electrons. The molecule has 2 rings (SSSR count). The van der Waals surface area contributed by atoms with E-state index in [1.165, 1.54) is 0 Å². The number of nitrogens with one attached hydrogen (secondary N) is 2. The second kappa shape index (κ2) is 5.69. The molecule has 17 heavy (non-hydrogen) atoms. The maximum absolute atomic E-state index is 10.9. The summed E-state index contributed by atoms with van der Waals surface area (Å²) < 4.78 is 0. The van der Waals surface area contributed by atoms with Crippen molar-refractivity contribution in [2.24, 2.45) is 0 Å². The van der Waals surface area contributed by atoms with E-state index in [0.717, 1.165) is 22.6 Å². The third-order valence-corrected chi connectivity index (χ3v) is 3.81. The fourth-order valence-electron chi connectivity index (χ4n) is 1.42. The first-order valence-corrected chi connectivity index (χ1v) is 6.60. The molecule has 0 bridgehead atoms. The van der Waals surface area contributed by atoms with Gasteiger partial charge < -0.3 is 10.3 Å². The van der Waals surface area contributed by atoms with Crippen LogP contribution in [0, 0.1) is 0 Å². The van der Waals surface area contributed by atoms with E-state index in [0.29, 0.717) is 23.1 Å². The maximum atomic E-state index is 10.9. The molecule has 0 saturated carbocycles. The van der Waals surface area contributed by atoms with Gasteiger partial charge in [0.25, 0.3) is 0 Å². The third-order valence-electron chi connectivity index (χ3n) is 2.23. The molecule has 2 N–H and O–H groups in total. The lowest BCUT2D eigenvalue weighted by atomic mass is 10.2. The molecular formula is C11H10Cl2N2OS. The van der Waals surface area contributed by atoms with E-state index in [1.54, 1.807) is 11.4 Å². The molecule has 0 aliphatic carbocycles. The maximum Gasteiger partial charge on any atom is 0.304 e. The Hall–Kier alpha value is -0.810. The standard InChI is InChI=1S/C11H10Cl2N2OS/c12-9-3-1-2-7(10(9)13)4-14-5-8-6-17-11(16)15-8/h1-3,6,14H,4-5H2,(H,15,16). The molecule has 1 aromatic carbocycles. The highest BCUT2D eigenvalue weighted by molar-refractivity contribution is 7.07. The lowest BCUT2D eigenvalue weighted by molar-refractivity contribution is 0.682. The molecule has 0 aliphatic heterocycles. The molecule has 1 aromatic heterocycles. The topological polar surface area (TPSA) is 44.9 Å². The first kappa shape index (κ1) is 12.6. The van der Waals surface area contributed by atoms with Crippen molar-refractivity contribution in [3.63, 3.8) is 0 Å². The minimum atomic E-state index is -0.0393. The molecule has 6 heteroatoms. The Morgan fingerprint density at radius 2 is 2.12 bits per heavy atom. The summed E-state index contributed by atoms with van der Waals surface area (Å²) in [6.07, 6.45) is 0. The van der Waals surface area contributed by atoms with Crippen LogP contribution in [0.15, 0.2) is 28.4 Å². The van der Waals surface area contributed by atoms with Gasteiger partial charge in [0.2, 0.25) is 0 Å². The first-order chi connectivity index (χ1) is 8.16. The monoisotopic (exact) mass is 288 g/mol. The average molecular weight is 289 g/mol. The molecule has 0 amide bonds. The Balaban J connectivity index is 1.94. The number of hydrogen-bond donors (Lipinski definition) is 2. The van der Waals surface area contributed by atoms with E-state index in [4.69, 9.17) is 23.2 Å². The van der Waals surface area contributed by atoms with E-state index < -0.39 is 0 Å². The third kappa shape index (κ3) is 3.33. The van der Waals surface area contributed by atoms with E-state index in [-0.39, 0.29) is 4.87 Å². The lowest BCUT2D eigenvalue weighted by Gasteiger charge is -2.06. The summed E-state index contributed by atoms with van der Waals surface area (Å²) in [4.78, 5) is 13.6. The predicted molar refractivity (Wildman–Crippen MR) is 71.9 cm³/mol. The number of aromatic nitrogens is 1. The van der Waals surface area contributed by atoms with Gasteiger partial charge in [0.1, 0.15) is 0 Å². The Bertz CT molecular complexity index is 565. The second-order valence-electron chi connectivity index (χ2n) is 3.49. The van der Waals surface area contributed by atoms with Gasteiger partial charge in [-0.15, -0.1) is 0 Å². The van der Waals surface area contributed by atoms with E-state index in [1.807, 2.05) is 12.1 Å². The van der Waals surface area contributed by atoms with Gasteiger partial charge >= 0.3 is 4.87 Å². The molecule has 0 fully saturated rings. The van der Waals surface area contributed by atoms with Crippen LogP contribution in [-0.4, -0.2) is 4.98 Å². The Labute approximate surface area is 112 Å². The Kier molecular flexibility index (Phi) is 4.23. The van der Waals surface area contributed by atoms with Gasteiger partial charge in [-0.2, -0.15) is 0 Å². The van der Waals surface area contributed by atoms with Crippen LogP contribution in [0.4, 0.5) is 0 Å². The number of H-pyrrole nitrogens is 1. The second-order valence-corrected chi connectivity index (χ2v) is 5.12. The van der Waals surface area contributed by atoms with Crippen molar-refractivity contribution in [1.29, 1.82) is 0 Å². The van der Waals surface area contributed by atoms with Gasteiger partial charge in [-0.1, -0.05) is 46.7 Å². The van der Waals surface area contributed by atoms with Crippen LogP contribution < -0.4 is 10.2 Å². The summed E-state index contributed by atoms with van der Waals surface area (Å²) in [5.74, 6) is 0. The van der Waals surface area contributed by atoms with E-state index in [9.17, 15) is 4.79 Å². The van der Waals surface area contributed by atoms with Crippen molar-refractivity contribution in [1.82, 2.24) is 10.3 Å². The van der Waals surface area contributed by atoms with Crippen LogP contribution in [0.25, 0.3) is 0 Å². The quantitative estimate of drug-likeness (QED) is 0.908. The number of halogens is 2. The van der Waals surface area contributed by atoms with Crippen LogP contribution in [0.2, 0.25) is 10.0 Å². The molecule has 0 spiro atoms. The predicted octanol–water partition coefficient (Wildman–Crippen LogP) is 3.03. The number of aromatic amines is 1.